The number of carbonyl (C=O) groups excluding carboxylic acids is 1. The van der Waals surface area contributed by atoms with Crippen molar-refractivity contribution in [1.82, 2.24) is 5.43 Å². The smallest absolute Gasteiger partial charge is 0.267 e. The number of halogens is 3. The van der Waals surface area contributed by atoms with Gasteiger partial charge in [-0.25, -0.2) is 5.43 Å². The third kappa shape index (κ3) is 3.73. The van der Waals surface area contributed by atoms with E-state index in [-0.39, 0.29) is 5.91 Å². The number of hydrogen-bond donors (Lipinski definition) is 1. The molecule has 0 atom stereocenters. The average molecular weight is 328 g/mol. The second kappa shape index (κ2) is 6.75. The summed E-state index contributed by atoms with van der Waals surface area (Å²) < 4.78 is 0. The maximum Gasteiger partial charge on any atom is 0.271 e. The molecule has 0 radical (unpaired) electrons. The summed E-state index contributed by atoms with van der Waals surface area (Å²) in [5.74, 6) is -0.346. The Kier molecular flexibility index (Phi) is 5.01. The van der Waals surface area contributed by atoms with E-state index in [1.165, 1.54) is 6.21 Å². The van der Waals surface area contributed by atoms with Crippen LogP contribution in [0.15, 0.2) is 47.6 Å². The lowest BCUT2D eigenvalue weighted by Gasteiger charge is -2.02. The lowest BCUT2D eigenvalue weighted by Crippen LogP contribution is -2.17. The Labute approximate surface area is 131 Å². The fourth-order valence-electron chi connectivity index (χ4n) is 1.46. The van der Waals surface area contributed by atoms with Gasteiger partial charge in [-0.1, -0.05) is 40.9 Å². The Morgan fingerprint density at radius 2 is 1.60 bits per heavy atom. The van der Waals surface area contributed by atoms with E-state index in [1.807, 2.05) is 0 Å². The van der Waals surface area contributed by atoms with Gasteiger partial charge in [0.05, 0.1) is 16.3 Å². The number of nitrogens with one attached hydrogen (secondary N) is 1. The highest BCUT2D eigenvalue weighted by Crippen LogP contribution is 2.22. The van der Waals surface area contributed by atoms with Crippen molar-refractivity contribution in [1.29, 1.82) is 0 Å². The van der Waals surface area contributed by atoms with Crippen molar-refractivity contribution in [3.05, 3.63) is 68.7 Å². The topological polar surface area (TPSA) is 41.5 Å². The number of rotatable bonds is 3. The molecule has 0 aromatic heterocycles. The minimum absolute atomic E-state index is 0.346. The van der Waals surface area contributed by atoms with Crippen LogP contribution in [0, 0.1) is 0 Å². The standard InChI is InChI=1S/C14H9Cl3N2O/c15-10-6-4-9(5-7-10)14(20)19-18-8-11-12(16)2-1-3-13(11)17/h1-8H,(H,19,20)/b18-8+. The largest absolute Gasteiger partial charge is 0.271 e. The van der Waals surface area contributed by atoms with Crippen LogP contribution >= 0.6 is 34.8 Å². The molecule has 0 spiro atoms. The van der Waals surface area contributed by atoms with Gasteiger partial charge in [0.1, 0.15) is 0 Å². The second-order valence-corrected chi connectivity index (χ2v) is 5.09. The fraction of sp³-hybridized carbons (Fsp3) is 0. The van der Waals surface area contributed by atoms with Crippen LogP contribution in [-0.2, 0) is 0 Å². The van der Waals surface area contributed by atoms with Crippen LogP contribution in [0.3, 0.4) is 0 Å². The first-order valence-corrected chi connectivity index (χ1v) is 6.74. The normalized spacial score (nSPS) is 10.8. The highest BCUT2D eigenvalue weighted by atomic mass is 35.5. The van der Waals surface area contributed by atoms with Crippen molar-refractivity contribution in [2.45, 2.75) is 0 Å². The van der Waals surface area contributed by atoms with Crippen molar-refractivity contribution >= 4 is 46.9 Å². The zero-order chi connectivity index (χ0) is 14.5. The molecular weight excluding hydrogens is 319 g/mol. The molecule has 6 heteroatoms. The van der Waals surface area contributed by atoms with Gasteiger partial charge in [0.15, 0.2) is 0 Å². The van der Waals surface area contributed by atoms with Crippen LogP contribution in [0.1, 0.15) is 15.9 Å². The molecule has 0 saturated carbocycles. The maximum atomic E-state index is 11.8. The SMILES string of the molecule is O=C(N/N=C/c1c(Cl)cccc1Cl)c1ccc(Cl)cc1. The van der Waals surface area contributed by atoms with E-state index in [4.69, 9.17) is 34.8 Å². The molecule has 0 aliphatic heterocycles. The first-order chi connectivity index (χ1) is 9.58. The van der Waals surface area contributed by atoms with Crippen molar-refractivity contribution in [3.8, 4) is 0 Å². The molecule has 2 rings (SSSR count). The number of hydrogen-bond acceptors (Lipinski definition) is 2. The van der Waals surface area contributed by atoms with Crippen molar-refractivity contribution in [2.24, 2.45) is 5.10 Å². The molecule has 0 aliphatic carbocycles. The summed E-state index contributed by atoms with van der Waals surface area (Å²) in [6, 6.07) is 11.6. The molecule has 0 saturated heterocycles. The number of hydrazone groups is 1. The summed E-state index contributed by atoms with van der Waals surface area (Å²) in [5, 5.41) is 5.32. The van der Waals surface area contributed by atoms with E-state index in [0.29, 0.717) is 26.2 Å². The monoisotopic (exact) mass is 326 g/mol. The summed E-state index contributed by atoms with van der Waals surface area (Å²) >= 11 is 17.7. The highest BCUT2D eigenvalue weighted by Gasteiger charge is 2.05. The highest BCUT2D eigenvalue weighted by molar-refractivity contribution is 6.38. The van der Waals surface area contributed by atoms with E-state index in [1.54, 1.807) is 42.5 Å². The van der Waals surface area contributed by atoms with E-state index >= 15 is 0 Å². The van der Waals surface area contributed by atoms with Gasteiger partial charge in [-0.2, -0.15) is 5.10 Å². The lowest BCUT2D eigenvalue weighted by atomic mass is 10.2. The molecule has 20 heavy (non-hydrogen) atoms. The Morgan fingerprint density at radius 1 is 1.00 bits per heavy atom. The number of benzene rings is 2. The zero-order valence-corrected chi connectivity index (χ0v) is 12.4. The first kappa shape index (κ1) is 14.9. The zero-order valence-electron chi connectivity index (χ0n) is 10.1. The van der Waals surface area contributed by atoms with Gasteiger partial charge in [0.2, 0.25) is 0 Å². The molecule has 0 heterocycles. The van der Waals surface area contributed by atoms with Crippen LogP contribution in [-0.4, -0.2) is 12.1 Å². The predicted octanol–water partition coefficient (Wildman–Crippen LogP) is 4.41. The number of carbonyl (C=O) groups is 1. The van der Waals surface area contributed by atoms with Crippen LogP contribution in [0.5, 0.6) is 0 Å². The van der Waals surface area contributed by atoms with Crippen LogP contribution in [0.2, 0.25) is 15.1 Å². The van der Waals surface area contributed by atoms with E-state index in [9.17, 15) is 4.79 Å². The van der Waals surface area contributed by atoms with Crippen molar-refractivity contribution in [3.63, 3.8) is 0 Å². The van der Waals surface area contributed by atoms with E-state index < -0.39 is 0 Å². The molecule has 2 aromatic carbocycles. The second-order valence-electron chi connectivity index (χ2n) is 3.84. The molecule has 2 aromatic rings. The van der Waals surface area contributed by atoms with Crippen LogP contribution in [0.25, 0.3) is 0 Å². The van der Waals surface area contributed by atoms with Gasteiger partial charge in [-0.15, -0.1) is 0 Å². The van der Waals surface area contributed by atoms with Crippen molar-refractivity contribution in [2.75, 3.05) is 0 Å². The minimum atomic E-state index is -0.346. The predicted molar refractivity (Wildman–Crippen MR) is 83.0 cm³/mol. The fourth-order valence-corrected chi connectivity index (χ4v) is 2.08. The summed E-state index contributed by atoms with van der Waals surface area (Å²) in [6.45, 7) is 0. The maximum absolute atomic E-state index is 11.8. The molecule has 3 nitrogen and oxygen atoms in total. The molecule has 0 fully saturated rings. The van der Waals surface area contributed by atoms with Gasteiger partial charge < -0.3 is 0 Å². The molecule has 0 unspecified atom stereocenters. The van der Waals surface area contributed by atoms with Gasteiger partial charge in [-0.05, 0) is 36.4 Å². The summed E-state index contributed by atoms with van der Waals surface area (Å²) in [5.41, 5.74) is 3.40. The minimum Gasteiger partial charge on any atom is -0.267 e. The van der Waals surface area contributed by atoms with Gasteiger partial charge >= 0.3 is 0 Å². The lowest BCUT2D eigenvalue weighted by molar-refractivity contribution is 0.0955. The van der Waals surface area contributed by atoms with Gasteiger partial charge in [0, 0.05) is 16.1 Å². The third-order valence-electron chi connectivity index (χ3n) is 2.47. The summed E-state index contributed by atoms with van der Waals surface area (Å²) in [4.78, 5) is 11.8. The van der Waals surface area contributed by atoms with Gasteiger partial charge in [-0.3, -0.25) is 4.79 Å². The Balaban J connectivity index is 2.06. The molecule has 0 aliphatic rings. The molecule has 1 amide bonds. The average Bonchev–Trinajstić information content (AvgIpc) is 2.42. The quantitative estimate of drug-likeness (QED) is 0.658. The molecule has 102 valence electrons. The molecule has 1 N–H and O–H groups in total. The van der Waals surface area contributed by atoms with Crippen molar-refractivity contribution < 1.29 is 4.79 Å². The number of nitrogens with zero attached hydrogens (tertiary/aromatic N) is 1. The van der Waals surface area contributed by atoms with Crippen LogP contribution in [0.4, 0.5) is 0 Å². The third-order valence-corrected chi connectivity index (χ3v) is 3.38. The molecule has 0 bridgehead atoms. The molecular formula is C14H9Cl3N2O. The summed E-state index contributed by atoms with van der Waals surface area (Å²) in [7, 11) is 0. The van der Waals surface area contributed by atoms with E-state index in [2.05, 4.69) is 10.5 Å². The Morgan fingerprint density at radius 3 is 2.20 bits per heavy atom. The van der Waals surface area contributed by atoms with Gasteiger partial charge in [0.25, 0.3) is 5.91 Å². The van der Waals surface area contributed by atoms with E-state index in [0.717, 1.165) is 0 Å². The number of amides is 1. The van der Waals surface area contributed by atoms with Crippen LogP contribution < -0.4 is 5.43 Å². The Hall–Kier alpha value is -1.55. The first-order valence-electron chi connectivity index (χ1n) is 5.61. The summed E-state index contributed by atoms with van der Waals surface area (Å²) in [6.07, 6.45) is 1.40. The Bertz CT molecular complexity index is 634.